The molecule has 0 bridgehead atoms. The third kappa shape index (κ3) is 4.93. The second-order valence-electron chi connectivity index (χ2n) is 11.5. The summed E-state index contributed by atoms with van der Waals surface area (Å²) in [7, 11) is 0. The third-order valence-electron chi connectivity index (χ3n) is 8.38. The van der Waals surface area contributed by atoms with Crippen molar-refractivity contribution in [3.05, 3.63) is 82.9 Å². The van der Waals surface area contributed by atoms with E-state index in [2.05, 4.69) is 19.4 Å². The highest BCUT2D eigenvalue weighted by atomic mass is 19.1. The summed E-state index contributed by atoms with van der Waals surface area (Å²) in [6.07, 6.45) is 1.13. The van der Waals surface area contributed by atoms with Crippen LogP contribution in [-0.2, 0) is 24.4 Å². The zero-order chi connectivity index (χ0) is 28.8. The van der Waals surface area contributed by atoms with Gasteiger partial charge in [0.1, 0.15) is 24.1 Å². The van der Waals surface area contributed by atoms with Crippen LogP contribution in [0, 0.1) is 22.6 Å². The van der Waals surface area contributed by atoms with Crippen LogP contribution in [0.4, 0.5) is 10.2 Å². The number of ether oxygens (including phenoxy) is 2. The number of hydrogen-bond donors (Lipinski definition) is 1. The molecular formula is C31H29FN6O4. The maximum atomic E-state index is 14.2. The SMILES string of the molecule is N#Cc1ccc(COc2cccc(N3CC4(CN(Cc5nc6ccc(C(=O)O)cc6n5CC5CCO5)C4)C3)n2)c(F)c1. The highest BCUT2D eigenvalue weighted by molar-refractivity contribution is 5.92. The molecule has 2 aromatic heterocycles. The van der Waals surface area contributed by atoms with Crippen LogP contribution in [0.2, 0.25) is 0 Å². The number of carboxylic acids is 1. The van der Waals surface area contributed by atoms with Gasteiger partial charge < -0.3 is 24.0 Å². The van der Waals surface area contributed by atoms with E-state index in [1.165, 1.54) is 6.07 Å². The Hall–Kier alpha value is -4.53. The van der Waals surface area contributed by atoms with Gasteiger partial charge in [0.05, 0.1) is 47.4 Å². The lowest BCUT2D eigenvalue weighted by Gasteiger charge is -2.60. The number of imidazole rings is 1. The predicted molar refractivity (Wildman–Crippen MR) is 151 cm³/mol. The molecule has 7 rings (SSSR count). The number of carboxylic acid groups (broad SMARTS) is 1. The smallest absolute Gasteiger partial charge is 0.335 e. The van der Waals surface area contributed by atoms with Crippen molar-refractivity contribution in [2.45, 2.75) is 32.2 Å². The average Bonchev–Trinajstić information content (AvgIpc) is 3.26. The number of anilines is 1. The van der Waals surface area contributed by atoms with Gasteiger partial charge in [0.2, 0.25) is 5.88 Å². The van der Waals surface area contributed by atoms with E-state index >= 15 is 0 Å². The van der Waals surface area contributed by atoms with Crippen molar-refractivity contribution in [1.82, 2.24) is 19.4 Å². The zero-order valence-corrected chi connectivity index (χ0v) is 22.9. The van der Waals surface area contributed by atoms with Gasteiger partial charge in [0.15, 0.2) is 0 Å². The quantitative estimate of drug-likeness (QED) is 0.322. The van der Waals surface area contributed by atoms with Crippen molar-refractivity contribution < 1.29 is 23.8 Å². The summed E-state index contributed by atoms with van der Waals surface area (Å²) < 4.78 is 27.8. The molecule has 42 heavy (non-hydrogen) atoms. The standard InChI is InChI=1S/C31H29FN6O4/c32-24-10-20(12-33)4-5-22(24)15-42-29-3-1-2-27(35-29)37-18-31(19-37)16-36(17-31)14-28-34-25-7-6-21(30(39)40)11-26(25)38(28)13-23-8-9-41-23/h1-7,10-11,23H,8-9,13-19H2,(H,39,40). The maximum Gasteiger partial charge on any atom is 0.335 e. The Morgan fingerprint density at radius 2 is 1.98 bits per heavy atom. The number of aromatic nitrogens is 3. The number of hydrogen-bond acceptors (Lipinski definition) is 8. The number of aromatic carboxylic acids is 1. The number of rotatable bonds is 9. The first-order chi connectivity index (χ1) is 20.4. The van der Waals surface area contributed by atoms with Gasteiger partial charge in [-0.2, -0.15) is 10.2 Å². The second kappa shape index (κ2) is 10.4. The van der Waals surface area contributed by atoms with Gasteiger partial charge in [0, 0.05) is 49.8 Å². The molecule has 1 unspecified atom stereocenters. The maximum absolute atomic E-state index is 14.2. The van der Waals surface area contributed by atoms with Gasteiger partial charge in [0.25, 0.3) is 0 Å². The predicted octanol–water partition coefficient (Wildman–Crippen LogP) is 3.83. The average molecular weight is 569 g/mol. The molecule has 0 aliphatic carbocycles. The monoisotopic (exact) mass is 568 g/mol. The summed E-state index contributed by atoms with van der Waals surface area (Å²) >= 11 is 0. The highest BCUT2D eigenvalue weighted by Gasteiger charge is 2.52. The summed E-state index contributed by atoms with van der Waals surface area (Å²) in [5.41, 5.74) is 2.74. The lowest BCUT2D eigenvalue weighted by molar-refractivity contribution is -0.0604. The van der Waals surface area contributed by atoms with Gasteiger partial charge >= 0.3 is 5.97 Å². The number of nitrogens with zero attached hydrogens (tertiary/aromatic N) is 6. The minimum absolute atomic E-state index is 0.0299. The largest absolute Gasteiger partial charge is 0.478 e. The molecule has 1 N–H and O–H groups in total. The van der Waals surface area contributed by atoms with Crippen molar-refractivity contribution in [1.29, 1.82) is 5.26 Å². The van der Waals surface area contributed by atoms with Crippen molar-refractivity contribution >= 4 is 22.8 Å². The van der Waals surface area contributed by atoms with E-state index in [9.17, 15) is 14.3 Å². The molecule has 1 spiro atoms. The van der Waals surface area contributed by atoms with E-state index in [0.717, 1.165) is 61.9 Å². The number of benzene rings is 2. The number of fused-ring (bicyclic) bond motifs is 1. The van der Waals surface area contributed by atoms with Crippen LogP contribution < -0.4 is 9.64 Å². The van der Waals surface area contributed by atoms with Crippen molar-refractivity contribution in [2.75, 3.05) is 37.7 Å². The topological polar surface area (TPSA) is 117 Å². The van der Waals surface area contributed by atoms with Crippen molar-refractivity contribution in [2.24, 2.45) is 5.41 Å². The molecule has 1 atom stereocenters. The van der Waals surface area contributed by atoms with Crippen LogP contribution in [0.1, 0.15) is 33.7 Å². The Morgan fingerprint density at radius 3 is 2.69 bits per heavy atom. The van der Waals surface area contributed by atoms with Gasteiger partial charge in [-0.05, 0) is 42.8 Å². The number of carbonyl (C=O) groups is 1. The van der Waals surface area contributed by atoms with Crippen LogP contribution in [0.3, 0.4) is 0 Å². The fraction of sp³-hybridized carbons (Fsp3) is 0.355. The van der Waals surface area contributed by atoms with Crippen molar-refractivity contribution in [3.8, 4) is 11.9 Å². The zero-order valence-electron chi connectivity index (χ0n) is 22.9. The first-order valence-corrected chi connectivity index (χ1v) is 14.0. The van der Waals surface area contributed by atoms with Crippen LogP contribution in [0.15, 0.2) is 54.6 Å². The van der Waals surface area contributed by atoms with E-state index in [4.69, 9.17) is 19.7 Å². The Labute approximate surface area is 241 Å². The highest BCUT2D eigenvalue weighted by Crippen LogP contribution is 2.42. The minimum Gasteiger partial charge on any atom is -0.478 e. The first-order valence-electron chi connectivity index (χ1n) is 14.0. The molecule has 3 aliphatic rings. The molecular weight excluding hydrogens is 539 g/mol. The van der Waals surface area contributed by atoms with Crippen LogP contribution >= 0.6 is 0 Å². The molecule has 5 heterocycles. The number of halogens is 1. The van der Waals surface area contributed by atoms with Gasteiger partial charge in [-0.1, -0.05) is 12.1 Å². The summed E-state index contributed by atoms with van der Waals surface area (Å²) in [6.45, 7) is 5.82. The third-order valence-corrected chi connectivity index (χ3v) is 8.38. The van der Waals surface area contributed by atoms with Gasteiger partial charge in [-0.25, -0.2) is 14.2 Å². The molecule has 11 heteroatoms. The van der Waals surface area contributed by atoms with E-state index < -0.39 is 11.8 Å². The summed E-state index contributed by atoms with van der Waals surface area (Å²) in [6, 6.07) is 17.0. The van der Waals surface area contributed by atoms with Gasteiger partial charge in [-0.15, -0.1) is 0 Å². The number of nitriles is 1. The summed E-state index contributed by atoms with van der Waals surface area (Å²) in [4.78, 5) is 25.7. The van der Waals surface area contributed by atoms with E-state index in [1.807, 2.05) is 18.2 Å². The molecule has 4 aromatic rings. The molecule has 2 aromatic carbocycles. The van der Waals surface area contributed by atoms with Crippen LogP contribution in [0.25, 0.3) is 11.0 Å². The number of likely N-dealkylation sites (tertiary alicyclic amines) is 1. The number of pyridine rings is 1. The van der Waals surface area contributed by atoms with Crippen LogP contribution in [-0.4, -0.2) is 69.4 Å². The molecule has 0 saturated carbocycles. The van der Waals surface area contributed by atoms with Gasteiger partial charge in [-0.3, -0.25) is 4.90 Å². The Balaban J connectivity index is 0.970. The Kier molecular flexibility index (Phi) is 6.52. The lowest BCUT2D eigenvalue weighted by Crippen LogP contribution is -2.72. The molecule has 10 nitrogen and oxygen atoms in total. The minimum atomic E-state index is -0.947. The normalized spacial score (nSPS) is 19.1. The molecule has 0 amide bonds. The Morgan fingerprint density at radius 1 is 1.14 bits per heavy atom. The van der Waals surface area contributed by atoms with Crippen LogP contribution in [0.5, 0.6) is 5.88 Å². The molecule has 0 radical (unpaired) electrons. The van der Waals surface area contributed by atoms with Crippen molar-refractivity contribution in [3.63, 3.8) is 0 Å². The molecule has 3 fully saturated rings. The Bertz CT molecular complexity index is 1710. The second-order valence-corrected chi connectivity index (χ2v) is 11.5. The molecule has 3 saturated heterocycles. The summed E-state index contributed by atoms with van der Waals surface area (Å²) in [5, 5.41) is 18.4. The fourth-order valence-electron chi connectivity index (χ4n) is 6.15. The van der Waals surface area contributed by atoms with E-state index in [-0.39, 0.29) is 29.3 Å². The molecule has 214 valence electrons. The van der Waals surface area contributed by atoms with E-state index in [0.29, 0.717) is 24.5 Å². The molecule has 3 aliphatic heterocycles. The lowest BCUT2D eigenvalue weighted by atomic mass is 9.73. The van der Waals surface area contributed by atoms with E-state index in [1.54, 1.807) is 36.4 Å². The summed E-state index contributed by atoms with van der Waals surface area (Å²) in [5.74, 6) is 0.763. The first kappa shape index (κ1) is 26.4. The fourth-order valence-corrected chi connectivity index (χ4v) is 6.15.